The number of ether oxygens (including phenoxy) is 1. The maximum absolute atomic E-state index is 5.91. The molecule has 1 aliphatic carbocycles. The summed E-state index contributed by atoms with van der Waals surface area (Å²) in [5, 5.41) is 3.68. The molecule has 0 aromatic rings. The van der Waals surface area contributed by atoms with Gasteiger partial charge in [0.1, 0.15) is 0 Å². The van der Waals surface area contributed by atoms with Crippen LogP contribution in [0.5, 0.6) is 0 Å². The van der Waals surface area contributed by atoms with Gasteiger partial charge in [0.2, 0.25) is 0 Å². The minimum Gasteiger partial charge on any atom is -0.373 e. The van der Waals surface area contributed by atoms with E-state index in [1.54, 1.807) is 0 Å². The standard InChI is InChI=1S/C13H27NO/c1-7-13(5,6)14-10-8-11(9-10)15-12(2,3)4/h10-11,14H,7-9H2,1-6H3. The lowest BCUT2D eigenvalue weighted by Crippen LogP contribution is -2.54. The van der Waals surface area contributed by atoms with E-state index in [0.717, 1.165) is 0 Å². The lowest BCUT2D eigenvalue weighted by molar-refractivity contribution is -0.105. The first-order chi connectivity index (χ1) is 6.72. The number of nitrogens with one attached hydrogen (secondary N) is 1. The second-order valence-electron chi connectivity index (χ2n) is 6.40. The fourth-order valence-corrected chi connectivity index (χ4v) is 1.93. The molecule has 0 bridgehead atoms. The third kappa shape index (κ3) is 4.52. The molecule has 0 aliphatic heterocycles. The fourth-order valence-electron chi connectivity index (χ4n) is 1.93. The normalized spacial score (nSPS) is 27.6. The summed E-state index contributed by atoms with van der Waals surface area (Å²) >= 11 is 0. The zero-order valence-corrected chi connectivity index (χ0v) is 11.2. The Morgan fingerprint density at radius 1 is 1.13 bits per heavy atom. The smallest absolute Gasteiger partial charge is 0.0612 e. The van der Waals surface area contributed by atoms with Gasteiger partial charge >= 0.3 is 0 Å². The van der Waals surface area contributed by atoms with Crippen molar-refractivity contribution in [2.75, 3.05) is 0 Å². The maximum Gasteiger partial charge on any atom is 0.0612 e. The van der Waals surface area contributed by atoms with Gasteiger partial charge in [-0.3, -0.25) is 0 Å². The highest BCUT2D eigenvalue weighted by Crippen LogP contribution is 2.29. The monoisotopic (exact) mass is 213 g/mol. The zero-order valence-electron chi connectivity index (χ0n) is 11.2. The minimum absolute atomic E-state index is 0.00983. The van der Waals surface area contributed by atoms with Crippen LogP contribution in [0, 0.1) is 0 Å². The number of rotatable bonds is 4. The van der Waals surface area contributed by atoms with Crippen LogP contribution in [0.2, 0.25) is 0 Å². The first-order valence-corrected chi connectivity index (χ1v) is 6.17. The molecule has 0 heterocycles. The molecular weight excluding hydrogens is 186 g/mol. The van der Waals surface area contributed by atoms with Crippen LogP contribution in [0.25, 0.3) is 0 Å². The third-order valence-electron chi connectivity index (χ3n) is 3.09. The van der Waals surface area contributed by atoms with Gasteiger partial charge < -0.3 is 10.1 Å². The Morgan fingerprint density at radius 2 is 1.67 bits per heavy atom. The van der Waals surface area contributed by atoms with Crippen molar-refractivity contribution in [3.8, 4) is 0 Å². The summed E-state index contributed by atoms with van der Waals surface area (Å²) in [7, 11) is 0. The molecule has 0 radical (unpaired) electrons. The topological polar surface area (TPSA) is 21.3 Å². The van der Waals surface area contributed by atoms with Crippen LogP contribution in [-0.2, 0) is 4.74 Å². The van der Waals surface area contributed by atoms with Crippen LogP contribution in [0.3, 0.4) is 0 Å². The van der Waals surface area contributed by atoms with Gasteiger partial charge in [0.15, 0.2) is 0 Å². The highest BCUT2D eigenvalue weighted by Gasteiger charge is 2.35. The van der Waals surface area contributed by atoms with Crippen molar-refractivity contribution in [1.82, 2.24) is 5.32 Å². The van der Waals surface area contributed by atoms with E-state index in [4.69, 9.17) is 4.74 Å². The van der Waals surface area contributed by atoms with Gasteiger partial charge in [0.05, 0.1) is 11.7 Å². The van der Waals surface area contributed by atoms with Crippen molar-refractivity contribution in [2.24, 2.45) is 0 Å². The van der Waals surface area contributed by atoms with Gasteiger partial charge in [0, 0.05) is 11.6 Å². The average molecular weight is 213 g/mol. The van der Waals surface area contributed by atoms with Gasteiger partial charge in [-0.2, -0.15) is 0 Å². The van der Waals surface area contributed by atoms with E-state index in [2.05, 4.69) is 46.9 Å². The van der Waals surface area contributed by atoms with Crippen LogP contribution >= 0.6 is 0 Å². The summed E-state index contributed by atoms with van der Waals surface area (Å²) in [5.41, 5.74) is 0.285. The summed E-state index contributed by atoms with van der Waals surface area (Å²) in [6, 6.07) is 0.660. The molecule has 1 rings (SSSR count). The van der Waals surface area contributed by atoms with Crippen molar-refractivity contribution < 1.29 is 4.74 Å². The van der Waals surface area contributed by atoms with Crippen molar-refractivity contribution in [3.63, 3.8) is 0 Å². The molecule has 15 heavy (non-hydrogen) atoms. The number of hydrogen-bond acceptors (Lipinski definition) is 2. The van der Waals surface area contributed by atoms with Crippen molar-refractivity contribution in [1.29, 1.82) is 0 Å². The highest BCUT2D eigenvalue weighted by atomic mass is 16.5. The summed E-state index contributed by atoms with van der Waals surface area (Å²) in [5.74, 6) is 0. The predicted molar refractivity (Wildman–Crippen MR) is 65.2 cm³/mol. The molecule has 90 valence electrons. The van der Waals surface area contributed by atoms with Crippen LogP contribution in [0.1, 0.15) is 60.8 Å². The van der Waals surface area contributed by atoms with Crippen LogP contribution in [0.4, 0.5) is 0 Å². The Kier molecular flexibility index (Phi) is 3.83. The Labute approximate surface area is 94.8 Å². The molecular formula is C13H27NO. The summed E-state index contributed by atoms with van der Waals surface area (Å²) in [6.45, 7) is 13.2. The summed E-state index contributed by atoms with van der Waals surface area (Å²) in [6.07, 6.45) is 3.98. The lowest BCUT2D eigenvalue weighted by atomic mass is 9.86. The molecule has 1 aliphatic rings. The molecule has 1 saturated carbocycles. The van der Waals surface area contributed by atoms with E-state index in [1.807, 2.05) is 0 Å². The summed E-state index contributed by atoms with van der Waals surface area (Å²) < 4.78 is 5.91. The Bertz CT molecular complexity index is 199. The Balaban J connectivity index is 2.21. The minimum atomic E-state index is 0.00983. The molecule has 2 heteroatoms. The van der Waals surface area contributed by atoms with Crippen LogP contribution < -0.4 is 5.32 Å². The van der Waals surface area contributed by atoms with Gasteiger partial charge in [-0.1, -0.05) is 6.92 Å². The second-order valence-corrected chi connectivity index (χ2v) is 6.40. The third-order valence-corrected chi connectivity index (χ3v) is 3.09. The molecule has 0 saturated heterocycles. The van der Waals surface area contributed by atoms with Gasteiger partial charge in [-0.15, -0.1) is 0 Å². The molecule has 0 amide bonds. The molecule has 0 atom stereocenters. The quantitative estimate of drug-likeness (QED) is 0.775. The molecule has 0 unspecified atom stereocenters. The molecule has 0 spiro atoms. The van der Waals surface area contributed by atoms with Gasteiger partial charge in [-0.25, -0.2) is 0 Å². The van der Waals surface area contributed by atoms with Gasteiger partial charge in [0.25, 0.3) is 0 Å². The van der Waals surface area contributed by atoms with Crippen molar-refractivity contribution in [2.45, 2.75) is 84.1 Å². The molecule has 1 fully saturated rings. The molecule has 1 N–H and O–H groups in total. The zero-order chi connectivity index (χ0) is 11.7. The van der Waals surface area contributed by atoms with Crippen molar-refractivity contribution in [3.05, 3.63) is 0 Å². The van der Waals surface area contributed by atoms with E-state index in [1.165, 1.54) is 19.3 Å². The van der Waals surface area contributed by atoms with Gasteiger partial charge in [-0.05, 0) is 53.9 Å². The van der Waals surface area contributed by atoms with E-state index in [-0.39, 0.29) is 11.1 Å². The SMILES string of the molecule is CCC(C)(C)NC1CC(OC(C)(C)C)C1. The Morgan fingerprint density at radius 3 is 2.07 bits per heavy atom. The number of hydrogen-bond donors (Lipinski definition) is 1. The Hall–Kier alpha value is -0.0800. The maximum atomic E-state index is 5.91. The fraction of sp³-hybridized carbons (Fsp3) is 1.00. The van der Waals surface area contributed by atoms with Crippen molar-refractivity contribution >= 4 is 0 Å². The van der Waals surface area contributed by atoms with E-state index in [9.17, 15) is 0 Å². The largest absolute Gasteiger partial charge is 0.373 e. The molecule has 2 nitrogen and oxygen atoms in total. The lowest BCUT2D eigenvalue weighted by Gasteiger charge is -2.43. The second kappa shape index (κ2) is 4.42. The van der Waals surface area contributed by atoms with E-state index in [0.29, 0.717) is 12.1 Å². The molecule has 0 aromatic carbocycles. The first-order valence-electron chi connectivity index (χ1n) is 6.17. The summed E-state index contributed by atoms with van der Waals surface area (Å²) in [4.78, 5) is 0. The first kappa shape index (κ1) is 13.0. The average Bonchev–Trinajstić information content (AvgIpc) is 1.98. The highest BCUT2D eigenvalue weighted by molar-refractivity contribution is 4.92. The van der Waals surface area contributed by atoms with E-state index >= 15 is 0 Å². The van der Waals surface area contributed by atoms with Crippen LogP contribution in [-0.4, -0.2) is 23.3 Å². The predicted octanol–water partition coefficient (Wildman–Crippen LogP) is 3.11. The van der Waals surface area contributed by atoms with E-state index < -0.39 is 0 Å². The molecule has 0 aromatic heterocycles. The van der Waals surface area contributed by atoms with Crippen LogP contribution in [0.15, 0.2) is 0 Å².